The van der Waals surface area contributed by atoms with Gasteiger partial charge in [-0.1, -0.05) is 45.0 Å². The Bertz CT molecular complexity index is 488. The molecule has 1 aromatic heterocycles. The Labute approximate surface area is 107 Å². The molecule has 0 saturated carbocycles. The van der Waals surface area contributed by atoms with Crippen LogP contribution in [0.2, 0.25) is 0 Å². The molecule has 0 aliphatic rings. The quantitative estimate of drug-likeness (QED) is 0.844. The number of thiophene rings is 1. The van der Waals surface area contributed by atoms with Crippen molar-refractivity contribution in [3.05, 3.63) is 46.2 Å². The van der Waals surface area contributed by atoms with E-state index in [1.807, 2.05) is 0 Å². The molecule has 90 valence electrons. The van der Waals surface area contributed by atoms with Crippen molar-refractivity contribution < 1.29 is 0 Å². The molecule has 0 fully saturated rings. The minimum absolute atomic E-state index is 0.218. The standard InChI is InChI=1S/C15H19NS/c1-15(2,3)13-6-4-11(5-7-13)12-8-14(9-16)17-10-12/h4-8,10H,9,16H2,1-3H3. The van der Waals surface area contributed by atoms with E-state index in [0.717, 1.165) is 0 Å². The van der Waals surface area contributed by atoms with Gasteiger partial charge in [0.1, 0.15) is 0 Å². The summed E-state index contributed by atoms with van der Waals surface area (Å²) in [5.41, 5.74) is 9.77. The van der Waals surface area contributed by atoms with Crippen LogP contribution in [-0.4, -0.2) is 0 Å². The highest BCUT2D eigenvalue weighted by Crippen LogP contribution is 2.28. The van der Waals surface area contributed by atoms with Gasteiger partial charge in [0.05, 0.1) is 0 Å². The number of benzene rings is 1. The van der Waals surface area contributed by atoms with Gasteiger partial charge in [0.25, 0.3) is 0 Å². The predicted octanol–water partition coefficient (Wildman–Crippen LogP) is 4.17. The Morgan fingerprint density at radius 3 is 2.18 bits per heavy atom. The van der Waals surface area contributed by atoms with Gasteiger partial charge in [-0.2, -0.15) is 0 Å². The van der Waals surface area contributed by atoms with Crippen LogP contribution in [-0.2, 0) is 12.0 Å². The Morgan fingerprint density at radius 2 is 1.71 bits per heavy atom. The van der Waals surface area contributed by atoms with Crippen molar-refractivity contribution in [2.45, 2.75) is 32.7 Å². The minimum atomic E-state index is 0.218. The fraction of sp³-hybridized carbons (Fsp3) is 0.333. The average Bonchev–Trinajstić information content (AvgIpc) is 2.76. The SMILES string of the molecule is CC(C)(C)c1ccc(-c2csc(CN)c2)cc1. The maximum Gasteiger partial charge on any atom is 0.0274 e. The van der Waals surface area contributed by atoms with Crippen molar-refractivity contribution in [3.63, 3.8) is 0 Å². The Balaban J connectivity index is 2.29. The van der Waals surface area contributed by atoms with Gasteiger partial charge in [-0.15, -0.1) is 11.3 Å². The van der Waals surface area contributed by atoms with Crippen LogP contribution in [0.4, 0.5) is 0 Å². The summed E-state index contributed by atoms with van der Waals surface area (Å²) in [7, 11) is 0. The molecule has 1 nitrogen and oxygen atoms in total. The topological polar surface area (TPSA) is 26.0 Å². The number of hydrogen-bond donors (Lipinski definition) is 1. The van der Waals surface area contributed by atoms with E-state index in [0.29, 0.717) is 6.54 Å². The van der Waals surface area contributed by atoms with Crippen molar-refractivity contribution >= 4 is 11.3 Å². The fourth-order valence-electron chi connectivity index (χ4n) is 1.80. The van der Waals surface area contributed by atoms with E-state index < -0.39 is 0 Å². The van der Waals surface area contributed by atoms with Crippen LogP contribution in [0.1, 0.15) is 31.2 Å². The molecule has 0 bridgehead atoms. The molecule has 2 heteroatoms. The second-order valence-corrected chi connectivity index (χ2v) is 6.33. The van der Waals surface area contributed by atoms with Gasteiger partial charge in [0, 0.05) is 11.4 Å². The lowest BCUT2D eigenvalue weighted by molar-refractivity contribution is 0.590. The maximum absolute atomic E-state index is 5.63. The van der Waals surface area contributed by atoms with Crippen LogP contribution in [0.25, 0.3) is 11.1 Å². The summed E-state index contributed by atoms with van der Waals surface area (Å²) in [5, 5.41) is 2.17. The van der Waals surface area contributed by atoms with Gasteiger partial charge in [-0.25, -0.2) is 0 Å². The lowest BCUT2D eigenvalue weighted by Gasteiger charge is -2.19. The van der Waals surface area contributed by atoms with Crippen LogP contribution < -0.4 is 5.73 Å². The van der Waals surface area contributed by atoms with E-state index in [-0.39, 0.29) is 5.41 Å². The molecule has 1 aromatic carbocycles. The van der Waals surface area contributed by atoms with Gasteiger partial charge < -0.3 is 5.73 Å². The molecule has 2 aromatic rings. The molecule has 0 aliphatic carbocycles. The van der Waals surface area contributed by atoms with Crippen LogP contribution in [0.5, 0.6) is 0 Å². The van der Waals surface area contributed by atoms with Gasteiger partial charge in [0.15, 0.2) is 0 Å². The molecular weight excluding hydrogens is 226 g/mol. The first-order chi connectivity index (χ1) is 8.00. The fourth-order valence-corrected chi connectivity index (χ4v) is 2.58. The van der Waals surface area contributed by atoms with Crippen molar-refractivity contribution in [1.82, 2.24) is 0 Å². The Morgan fingerprint density at radius 1 is 1.06 bits per heavy atom. The third kappa shape index (κ3) is 2.76. The third-order valence-corrected chi connectivity index (χ3v) is 3.90. The summed E-state index contributed by atoms with van der Waals surface area (Å²) >= 11 is 1.73. The van der Waals surface area contributed by atoms with Crippen molar-refractivity contribution in [2.75, 3.05) is 0 Å². The lowest BCUT2D eigenvalue weighted by atomic mass is 9.86. The van der Waals surface area contributed by atoms with Crippen LogP contribution in [0, 0.1) is 0 Å². The molecule has 0 aliphatic heterocycles. The number of nitrogens with two attached hydrogens (primary N) is 1. The van der Waals surface area contributed by atoms with Crippen molar-refractivity contribution in [3.8, 4) is 11.1 Å². The summed E-state index contributed by atoms with van der Waals surface area (Å²) in [5.74, 6) is 0. The summed E-state index contributed by atoms with van der Waals surface area (Å²) in [6, 6.07) is 11.0. The molecule has 0 atom stereocenters. The molecule has 0 unspecified atom stereocenters. The first-order valence-electron chi connectivity index (χ1n) is 5.89. The summed E-state index contributed by atoms with van der Waals surface area (Å²) in [6.45, 7) is 7.34. The molecule has 2 rings (SSSR count). The average molecular weight is 245 g/mol. The second kappa shape index (κ2) is 4.63. The van der Waals surface area contributed by atoms with Crippen LogP contribution in [0.3, 0.4) is 0 Å². The van der Waals surface area contributed by atoms with Gasteiger partial charge in [-0.3, -0.25) is 0 Å². The van der Waals surface area contributed by atoms with Gasteiger partial charge in [0.2, 0.25) is 0 Å². The molecule has 2 N–H and O–H groups in total. The molecule has 0 radical (unpaired) electrons. The number of rotatable bonds is 2. The van der Waals surface area contributed by atoms with E-state index in [9.17, 15) is 0 Å². The molecule has 0 spiro atoms. The lowest BCUT2D eigenvalue weighted by Crippen LogP contribution is -2.10. The van der Waals surface area contributed by atoms with Crippen molar-refractivity contribution in [1.29, 1.82) is 0 Å². The van der Waals surface area contributed by atoms with E-state index >= 15 is 0 Å². The zero-order chi connectivity index (χ0) is 12.5. The normalized spacial score (nSPS) is 11.8. The second-order valence-electron chi connectivity index (χ2n) is 5.33. The molecule has 0 amide bonds. The zero-order valence-electron chi connectivity index (χ0n) is 10.7. The molecule has 17 heavy (non-hydrogen) atoms. The highest BCUT2D eigenvalue weighted by molar-refractivity contribution is 7.10. The van der Waals surface area contributed by atoms with Gasteiger partial charge >= 0.3 is 0 Å². The smallest absolute Gasteiger partial charge is 0.0274 e. The molecule has 0 saturated heterocycles. The monoisotopic (exact) mass is 245 g/mol. The highest BCUT2D eigenvalue weighted by Gasteiger charge is 2.13. The largest absolute Gasteiger partial charge is 0.326 e. The van der Waals surface area contributed by atoms with E-state index in [2.05, 4.69) is 56.5 Å². The molecule has 1 heterocycles. The Kier molecular flexibility index (Phi) is 3.36. The Hall–Kier alpha value is -1.12. The van der Waals surface area contributed by atoms with Crippen LogP contribution >= 0.6 is 11.3 Å². The van der Waals surface area contributed by atoms with Gasteiger partial charge in [-0.05, 0) is 33.6 Å². The highest BCUT2D eigenvalue weighted by atomic mass is 32.1. The third-order valence-electron chi connectivity index (χ3n) is 2.94. The first-order valence-corrected chi connectivity index (χ1v) is 6.77. The maximum atomic E-state index is 5.63. The number of hydrogen-bond acceptors (Lipinski definition) is 2. The zero-order valence-corrected chi connectivity index (χ0v) is 11.5. The van der Waals surface area contributed by atoms with E-state index in [1.54, 1.807) is 11.3 Å². The molecular formula is C15H19NS. The van der Waals surface area contributed by atoms with E-state index in [4.69, 9.17) is 5.73 Å². The summed E-state index contributed by atoms with van der Waals surface area (Å²) in [4.78, 5) is 1.24. The first kappa shape index (κ1) is 12.3. The van der Waals surface area contributed by atoms with E-state index in [1.165, 1.54) is 21.6 Å². The predicted molar refractivity (Wildman–Crippen MR) is 76.3 cm³/mol. The van der Waals surface area contributed by atoms with Crippen molar-refractivity contribution in [2.24, 2.45) is 5.73 Å². The minimum Gasteiger partial charge on any atom is -0.326 e. The summed E-state index contributed by atoms with van der Waals surface area (Å²) in [6.07, 6.45) is 0. The summed E-state index contributed by atoms with van der Waals surface area (Å²) < 4.78 is 0. The van der Waals surface area contributed by atoms with Crippen LogP contribution in [0.15, 0.2) is 35.7 Å².